The maximum atomic E-state index is 12.8. The Hall–Kier alpha value is -2.36. The first-order chi connectivity index (χ1) is 12.2. The number of likely N-dealkylation sites (tertiary alicyclic amines) is 1. The van der Waals surface area contributed by atoms with Crippen LogP contribution in [-0.2, 0) is 6.54 Å². The van der Waals surface area contributed by atoms with E-state index in [1.165, 1.54) is 5.56 Å². The molecule has 1 saturated heterocycles. The molecule has 0 aliphatic carbocycles. The molecule has 0 atom stereocenters. The molecule has 1 aliphatic rings. The predicted octanol–water partition coefficient (Wildman–Crippen LogP) is 3.98. The van der Waals surface area contributed by atoms with Crippen molar-refractivity contribution in [3.05, 3.63) is 59.9 Å². The van der Waals surface area contributed by atoms with E-state index < -0.39 is 0 Å². The minimum Gasteiger partial charge on any atom is -0.366 e. The minimum atomic E-state index is 0.108. The number of pyridine rings is 1. The molecule has 1 aromatic carbocycles. The highest BCUT2D eigenvalue weighted by Gasteiger charge is 2.22. The fraction of sp³-hybridized carbons (Fsp3) is 0.429. The van der Waals surface area contributed by atoms with Gasteiger partial charge in [-0.25, -0.2) is 0 Å². The van der Waals surface area contributed by atoms with Gasteiger partial charge in [-0.05, 0) is 37.3 Å². The van der Waals surface area contributed by atoms with E-state index in [1.807, 2.05) is 23.2 Å². The Labute approximate surface area is 150 Å². The number of amides is 1. The molecule has 1 aliphatic heterocycles. The molecule has 2 aromatic rings. The number of piperidine rings is 1. The van der Waals surface area contributed by atoms with Crippen LogP contribution in [0.5, 0.6) is 0 Å². The summed E-state index contributed by atoms with van der Waals surface area (Å²) in [7, 11) is 0. The van der Waals surface area contributed by atoms with Crippen molar-refractivity contribution in [3.8, 4) is 0 Å². The molecule has 0 unspecified atom stereocenters. The summed E-state index contributed by atoms with van der Waals surface area (Å²) in [5.74, 6) is 0.826. The van der Waals surface area contributed by atoms with Crippen molar-refractivity contribution in [1.29, 1.82) is 0 Å². The quantitative estimate of drug-likeness (QED) is 0.828. The molecular formula is C21H27N3O. The van der Waals surface area contributed by atoms with Gasteiger partial charge in [0.2, 0.25) is 0 Å². The van der Waals surface area contributed by atoms with Gasteiger partial charge in [0.15, 0.2) is 0 Å². The third-order valence-corrected chi connectivity index (χ3v) is 5.00. The number of anilines is 1. The van der Waals surface area contributed by atoms with Crippen molar-refractivity contribution < 1.29 is 4.79 Å². The SMILES string of the molecule is CCN(Cc1ccccc1)c1cncc(C(=O)N2CCC(C)CC2)c1. The molecule has 1 amide bonds. The Bertz CT molecular complexity index is 693. The number of rotatable bonds is 5. The number of benzene rings is 1. The Morgan fingerprint density at radius 3 is 2.60 bits per heavy atom. The van der Waals surface area contributed by atoms with Crippen LogP contribution < -0.4 is 4.90 Å². The van der Waals surface area contributed by atoms with Gasteiger partial charge in [-0.3, -0.25) is 9.78 Å². The lowest BCUT2D eigenvalue weighted by atomic mass is 9.99. The fourth-order valence-corrected chi connectivity index (χ4v) is 3.30. The zero-order valence-corrected chi connectivity index (χ0v) is 15.2. The largest absolute Gasteiger partial charge is 0.366 e. The third kappa shape index (κ3) is 4.38. The van der Waals surface area contributed by atoms with Crippen LogP contribution in [0.25, 0.3) is 0 Å². The van der Waals surface area contributed by atoms with Crippen LogP contribution in [0.1, 0.15) is 42.6 Å². The van der Waals surface area contributed by atoms with Crippen molar-refractivity contribution >= 4 is 11.6 Å². The Morgan fingerprint density at radius 2 is 1.92 bits per heavy atom. The lowest BCUT2D eigenvalue weighted by Gasteiger charge is -2.30. The number of carbonyl (C=O) groups excluding carboxylic acids is 1. The van der Waals surface area contributed by atoms with Gasteiger partial charge in [-0.15, -0.1) is 0 Å². The summed E-state index contributed by atoms with van der Waals surface area (Å²) in [6, 6.07) is 12.4. The van der Waals surface area contributed by atoms with E-state index in [-0.39, 0.29) is 5.91 Å². The average Bonchev–Trinajstić information content (AvgIpc) is 2.67. The van der Waals surface area contributed by atoms with Crippen molar-refractivity contribution in [2.75, 3.05) is 24.5 Å². The van der Waals surface area contributed by atoms with Crippen LogP contribution in [0, 0.1) is 5.92 Å². The van der Waals surface area contributed by atoms with E-state index in [9.17, 15) is 4.79 Å². The molecule has 4 nitrogen and oxygen atoms in total. The average molecular weight is 337 g/mol. The minimum absolute atomic E-state index is 0.108. The van der Waals surface area contributed by atoms with Gasteiger partial charge in [-0.1, -0.05) is 37.3 Å². The molecule has 0 saturated carbocycles. The van der Waals surface area contributed by atoms with Crippen molar-refractivity contribution in [1.82, 2.24) is 9.88 Å². The topological polar surface area (TPSA) is 36.4 Å². The highest BCUT2D eigenvalue weighted by atomic mass is 16.2. The maximum Gasteiger partial charge on any atom is 0.255 e. The lowest BCUT2D eigenvalue weighted by molar-refractivity contribution is 0.0697. The Kier molecular flexibility index (Phi) is 5.69. The molecule has 25 heavy (non-hydrogen) atoms. The molecular weight excluding hydrogens is 310 g/mol. The van der Waals surface area contributed by atoms with Gasteiger partial charge in [0.05, 0.1) is 17.4 Å². The van der Waals surface area contributed by atoms with Gasteiger partial charge >= 0.3 is 0 Å². The number of nitrogens with zero attached hydrogens (tertiary/aromatic N) is 3. The summed E-state index contributed by atoms with van der Waals surface area (Å²) >= 11 is 0. The van der Waals surface area contributed by atoms with Gasteiger partial charge in [-0.2, -0.15) is 0 Å². The van der Waals surface area contributed by atoms with Gasteiger partial charge < -0.3 is 9.80 Å². The molecule has 0 N–H and O–H groups in total. The zero-order chi connectivity index (χ0) is 17.6. The van der Waals surface area contributed by atoms with Crippen LogP contribution in [0.2, 0.25) is 0 Å². The first-order valence-corrected chi connectivity index (χ1v) is 9.20. The van der Waals surface area contributed by atoms with Crippen LogP contribution in [0.15, 0.2) is 48.8 Å². The zero-order valence-electron chi connectivity index (χ0n) is 15.2. The van der Waals surface area contributed by atoms with E-state index in [1.54, 1.807) is 6.20 Å². The van der Waals surface area contributed by atoms with E-state index >= 15 is 0 Å². The summed E-state index contributed by atoms with van der Waals surface area (Å²) in [5.41, 5.74) is 2.95. The predicted molar refractivity (Wildman–Crippen MR) is 102 cm³/mol. The second kappa shape index (κ2) is 8.15. The van der Waals surface area contributed by atoms with Crippen molar-refractivity contribution in [3.63, 3.8) is 0 Å². The van der Waals surface area contributed by atoms with Crippen LogP contribution in [-0.4, -0.2) is 35.4 Å². The fourth-order valence-electron chi connectivity index (χ4n) is 3.30. The first-order valence-electron chi connectivity index (χ1n) is 9.20. The van der Waals surface area contributed by atoms with Crippen molar-refractivity contribution in [2.24, 2.45) is 5.92 Å². The van der Waals surface area contributed by atoms with Crippen molar-refractivity contribution in [2.45, 2.75) is 33.2 Å². The number of hydrogen-bond donors (Lipinski definition) is 0. The van der Waals surface area contributed by atoms with Gasteiger partial charge in [0.25, 0.3) is 5.91 Å². The second-order valence-corrected chi connectivity index (χ2v) is 6.91. The first kappa shape index (κ1) is 17.5. The van der Waals surface area contributed by atoms with Gasteiger partial charge in [0, 0.05) is 32.4 Å². The third-order valence-electron chi connectivity index (χ3n) is 5.00. The molecule has 1 aromatic heterocycles. The summed E-state index contributed by atoms with van der Waals surface area (Å²) in [6.07, 6.45) is 5.73. The van der Waals surface area contributed by atoms with Crippen LogP contribution in [0.3, 0.4) is 0 Å². The van der Waals surface area contributed by atoms with E-state index in [0.717, 1.165) is 50.6 Å². The second-order valence-electron chi connectivity index (χ2n) is 6.91. The molecule has 2 heterocycles. The molecule has 1 fully saturated rings. The summed E-state index contributed by atoms with van der Waals surface area (Å²) in [5, 5.41) is 0. The molecule has 132 valence electrons. The smallest absolute Gasteiger partial charge is 0.255 e. The van der Waals surface area contributed by atoms with E-state index in [0.29, 0.717) is 5.56 Å². The summed E-state index contributed by atoms with van der Waals surface area (Å²) < 4.78 is 0. The normalized spacial score (nSPS) is 15.2. The van der Waals surface area contributed by atoms with E-state index in [2.05, 4.69) is 48.0 Å². The van der Waals surface area contributed by atoms with Gasteiger partial charge in [0.1, 0.15) is 0 Å². The molecule has 0 bridgehead atoms. The molecule has 3 rings (SSSR count). The molecule has 0 radical (unpaired) electrons. The van der Waals surface area contributed by atoms with Crippen LogP contribution in [0.4, 0.5) is 5.69 Å². The number of carbonyl (C=O) groups is 1. The molecule has 0 spiro atoms. The maximum absolute atomic E-state index is 12.8. The highest BCUT2D eigenvalue weighted by Crippen LogP contribution is 2.21. The standard InChI is InChI=1S/C21H27N3O/c1-3-23(16-18-7-5-4-6-8-18)20-13-19(14-22-15-20)21(25)24-11-9-17(2)10-12-24/h4-8,13-15,17H,3,9-12,16H2,1-2H3. The lowest BCUT2D eigenvalue weighted by Crippen LogP contribution is -2.38. The Balaban J connectivity index is 1.74. The van der Waals surface area contributed by atoms with E-state index in [4.69, 9.17) is 0 Å². The summed E-state index contributed by atoms with van der Waals surface area (Å²) in [6.45, 7) is 7.78. The Morgan fingerprint density at radius 1 is 1.20 bits per heavy atom. The van der Waals surface area contributed by atoms with Crippen LogP contribution >= 0.6 is 0 Å². The number of aromatic nitrogens is 1. The summed E-state index contributed by atoms with van der Waals surface area (Å²) in [4.78, 5) is 21.3. The highest BCUT2D eigenvalue weighted by molar-refractivity contribution is 5.94. The monoisotopic (exact) mass is 337 g/mol. The molecule has 4 heteroatoms. The number of hydrogen-bond acceptors (Lipinski definition) is 3.